The number of benzene rings is 2. The lowest BCUT2D eigenvalue weighted by Crippen LogP contribution is -2.43. The molecule has 1 amide bonds. The molecule has 0 bridgehead atoms. The van der Waals surface area contributed by atoms with Gasteiger partial charge in [0.2, 0.25) is 15.9 Å². The first kappa shape index (κ1) is 22.6. The van der Waals surface area contributed by atoms with Gasteiger partial charge in [-0.15, -0.1) is 0 Å². The molecule has 0 aliphatic carbocycles. The first-order valence-corrected chi connectivity index (χ1v) is 11.0. The Kier molecular flexibility index (Phi) is 6.45. The van der Waals surface area contributed by atoms with Gasteiger partial charge in [0, 0.05) is 18.1 Å². The number of hydrogen-bond donors (Lipinski definition) is 1. The van der Waals surface area contributed by atoms with Crippen molar-refractivity contribution in [2.45, 2.75) is 30.8 Å². The van der Waals surface area contributed by atoms with Crippen LogP contribution in [0.3, 0.4) is 0 Å². The third-order valence-corrected chi connectivity index (χ3v) is 7.07. The average molecular weight is 461 g/mol. The van der Waals surface area contributed by atoms with Crippen molar-refractivity contribution in [1.82, 2.24) is 4.31 Å². The summed E-state index contributed by atoms with van der Waals surface area (Å²) in [5, 5.41) is 2.19. The average Bonchev–Trinajstić information content (AvgIpc) is 2.69. The van der Waals surface area contributed by atoms with Gasteiger partial charge in [-0.3, -0.25) is 4.79 Å². The van der Waals surface area contributed by atoms with E-state index in [0.717, 1.165) is 17.7 Å². The van der Waals surface area contributed by atoms with Crippen molar-refractivity contribution in [3.8, 4) is 0 Å². The predicted molar refractivity (Wildman–Crippen MR) is 108 cm³/mol. The maximum Gasteiger partial charge on any atom is 0.418 e. The van der Waals surface area contributed by atoms with Crippen LogP contribution in [-0.2, 0) is 21.0 Å². The number of amides is 1. The minimum Gasteiger partial charge on any atom is -0.325 e. The first-order chi connectivity index (χ1) is 14.0. The van der Waals surface area contributed by atoms with Gasteiger partial charge in [-0.05, 0) is 50.1 Å². The van der Waals surface area contributed by atoms with Crippen LogP contribution in [0.1, 0.15) is 24.0 Å². The van der Waals surface area contributed by atoms with Crippen LogP contribution >= 0.6 is 11.6 Å². The molecule has 2 aromatic rings. The zero-order chi connectivity index (χ0) is 22.1. The molecular formula is C20H20ClF3N2O3S. The number of nitrogens with zero attached hydrogens (tertiary/aromatic N) is 1. The molecule has 162 valence electrons. The highest BCUT2D eigenvalue weighted by Crippen LogP contribution is 2.37. The molecule has 0 saturated carbocycles. The molecule has 1 saturated heterocycles. The van der Waals surface area contributed by atoms with Gasteiger partial charge in [0.1, 0.15) is 0 Å². The summed E-state index contributed by atoms with van der Waals surface area (Å²) in [4.78, 5) is 12.8. The number of carbonyl (C=O) groups is 1. The summed E-state index contributed by atoms with van der Waals surface area (Å²) in [6, 6.07) is 9.44. The monoisotopic (exact) mass is 460 g/mol. The summed E-state index contributed by atoms with van der Waals surface area (Å²) in [5.41, 5.74) is -0.549. The predicted octanol–water partition coefficient (Wildman–Crippen LogP) is 4.71. The summed E-state index contributed by atoms with van der Waals surface area (Å²) in [6.07, 6.45) is -3.89. The molecule has 5 nitrogen and oxygen atoms in total. The largest absolute Gasteiger partial charge is 0.418 e. The van der Waals surface area contributed by atoms with E-state index in [0.29, 0.717) is 12.8 Å². The SMILES string of the molecule is Cc1ccc(S(=O)(=O)N2CCC[C@H](C(=O)Nc3ccc(Cl)cc3C(F)(F)F)C2)cc1. The molecule has 1 aliphatic rings. The lowest BCUT2D eigenvalue weighted by Gasteiger charge is -2.31. The van der Waals surface area contributed by atoms with E-state index in [1.54, 1.807) is 12.1 Å². The molecule has 0 unspecified atom stereocenters. The van der Waals surface area contributed by atoms with E-state index < -0.39 is 39.3 Å². The topological polar surface area (TPSA) is 66.5 Å². The highest BCUT2D eigenvalue weighted by Gasteiger charge is 2.36. The van der Waals surface area contributed by atoms with E-state index in [1.165, 1.54) is 22.5 Å². The van der Waals surface area contributed by atoms with E-state index in [9.17, 15) is 26.4 Å². The van der Waals surface area contributed by atoms with Crippen LogP contribution < -0.4 is 5.32 Å². The van der Waals surface area contributed by atoms with Crippen LogP contribution in [0.4, 0.5) is 18.9 Å². The Balaban J connectivity index is 1.78. The zero-order valence-electron chi connectivity index (χ0n) is 16.0. The maximum atomic E-state index is 13.3. The molecule has 0 aromatic heterocycles. The molecule has 1 aliphatic heterocycles. The molecule has 1 fully saturated rings. The van der Waals surface area contributed by atoms with Gasteiger partial charge in [-0.25, -0.2) is 8.42 Å². The molecule has 30 heavy (non-hydrogen) atoms. The Bertz CT molecular complexity index is 1040. The van der Waals surface area contributed by atoms with Crippen molar-refractivity contribution in [1.29, 1.82) is 0 Å². The lowest BCUT2D eigenvalue weighted by atomic mass is 9.98. The Hall–Kier alpha value is -2.10. The van der Waals surface area contributed by atoms with Crippen LogP contribution in [0, 0.1) is 12.8 Å². The maximum absolute atomic E-state index is 13.3. The van der Waals surface area contributed by atoms with Crippen molar-refractivity contribution < 1.29 is 26.4 Å². The number of rotatable bonds is 4. The van der Waals surface area contributed by atoms with Gasteiger partial charge >= 0.3 is 6.18 Å². The van der Waals surface area contributed by atoms with Gasteiger partial charge < -0.3 is 5.32 Å². The summed E-state index contributed by atoms with van der Waals surface area (Å²) in [5.74, 6) is -1.43. The lowest BCUT2D eigenvalue weighted by molar-refractivity contribution is -0.137. The fraction of sp³-hybridized carbons (Fsp3) is 0.350. The summed E-state index contributed by atoms with van der Waals surface area (Å²) in [7, 11) is -3.80. The van der Waals surface area contributed by atoms with Crippen molar-refractivity contribution >= 4 is 33.2 Å². The minimum atomic E-state index is -4.69. The van der Waals surface area contributed by atoms with E-state index in [-0.39, 0.29) is 23.0 Å². The third kappa shape index (κ3) is 4.96. The summed E-state index contributed by atoms with van der Waals surface area (Å²) < 4.78 is 66.7. The number of hydrogen-bond acceptors (Lipinski definition) is 3. The van der Waals surface area contributed by atoms with E-state index in [1.807, 2.05) is 6.92 Å². The van der Waals surface area contributed by atoms with Gasteiger partial charge in [0.15, 0.2) is 0 Å². The smallest absolute Gasteiger partial charge is 0.325 e. The second-order valence-corrected chi connectivity index (χ2v) is 9.57. The van der Waals surface area contributed by atoms with Crippen LogP contribution in [-0.4, -0.2) is 31.7 Å². The molecule has 3 rings (SSSR count). The number of sulfonamides is 1. The Morgan fingerprint density at radius 1 is 1.17 bits per heavy atom. The summed E-state index contributed by atoms with van der Waals surface area (Å²) >= 11 is 5.66. The number of carbonyl (C=O) groups excluding carboxylic acids is 1. The zero-order valence-corrected chi connectivity index (χ0v) is 17.6. The van der Waals surface area contributed by atoms with Crippen LogP contribution in [0.25, 0.3) is 0 Å². The standard InChI is InChI=1S/C20H20ClF3N2O3S/c1-13-4-7-16(8-5-13)30(28,29)26-10-2-3-14(12-26)19(27)25-18-9-6-15(21)11-17(18)20(22,23)24/h4-9,11,14H,2-3,10,12H2,1H3,(H,25,27)/t14-/m0/s1. The fourth-order valence-electron chi connectivity index (χ4n) is 3.33. The number of nitrogens with one attached hydrogen (secondary N) is 1. The summed E-state index contributed by atoms with van der Waals surface area (Å²) in [6.45, 7) is 1.98. The minimum absolute atomic E-state index is 0.100. The molecule has 1 atom stereocenters. The van der Waals surface area contributed by atoms with Gasteiger partial charge in [-0.2, -0.15) is 17.5 Å². The van der Waals surface area contributed by atoms with Crippen molar-refractivity contribution in [2.24, 2.45) is 5.92 Å². The van der Waals surface area contributed by atoms with Crippen LogP contribution in [0.15, 0.2) is 47.4 Å². The number of halogens is 4. The van der Waals surface area contributed by atoms with Crippen LogP contribution in [0.2, 0.25) is 5.02 Å². The molecule has 1 heterocycles. The van der Waals surface area contributed by atoms with E-state index >= 15 is 0 Å². The Morgan fingerprint density at radius 3 is 2.47 bits per heavy atom. The number of alkyl halides is 3. The highest BCUT2D eigenvalue weighted by atomic mass is 35.5. The van der Waals surface area contributed by atoms with E-state index in [4.69, 9.17) is 11.6 Å². The first-order valence-electron chi connectivity index (χ1n) is 9.23. The fourth-order valence-corrected chi connectivity index (χ4v) is 5.02. The number of piperidine rings is 1. The molecule has 0 radical (unpaired) electrons. The highest BCUT2D eigenvalue weighted by molar-refractivity contribution is 7.89. The van der Waals surface area contributed by atoms with Gasteiger partial charge in [0.25, 0.3) is 0 Å². The van der Waals surface area contributed by atoms with Crippen molar-refractivity contribution in [3.05, 3.63) is 58.6 Å². The van der Waals surface area contributed by atoms with Crippen molar-refractivity contribution in [3.63, 3.8) is 0 Å². The second kappa shape index (κ2) is 8.56. The molecule has 10 heteroatoms. The molecular weight excluding hydrogens is 441 g/mol. The third-order valence-electron chi connectivity index (χ3n) is 4.96. The van der Waals surface area contributed by atoms with Gasteiger partial charge in [-0.1, -0.05) is 29.3 Å². The van der Waals surface area contributed by atoms with Crippen LogP contribution in [0.5, 0.6) is 0 Å². The normalized spacial score (nSPS) is 18.2. The Labute approximate surface area is 177 Å². The molecule has 1 N–H and O–H groups in total. The van der Waals surface area contributed by atoms with E-state index in [2.05, 4.69) is 5.32 Å². The molecule has 2 aromatic carbocycles. The van der Waals surface area contributed by atoms with Crippen molar-refractivity contribution in [2.75, 3.05) is 18.4 Å². The van der Waals surface area contributed by atoms with Gasteiger partial charge in [0.05, 0.1) is 22.1 Å². The second-order valence-electron chi connectivity index (χ2n) is 7.19. The number of anilines is 1. The quantitative estimate of drug-likeness (QED) is 0.718. The Morgan fingerprint density at radius 2 is 1.83 bits per heavy atom. The molecule has 0 spiro atoms. The number of aryl methyl sites for hydroxylation is 1.